The Morgan fingerprint density at radius 1 is 0.900 bits per heavy atom. The second-order valence-electron chi connectivity index (χ2n) is 7.60. The van der Waals surface area contributed by atoms with E-state index in [0.717, 1.165) is 16.3 Å². The zero-order chi connectivity index (χ0) is 20.8. The molecule has 0 saturated carbocycles. The lowest BCUT2D eigenvalue weighted by molar-refractivity contribution is 0.0340. The fourth-order valence-electron chi connectivity index (χ4n) is 4.51. The van der Waals surface area contributed by atoms with Gasteiger partial charge in [0.05, 0.1) is 11.6 Å². The van der Waals surface area contributed by atoms with Gasteiger partial charge in [0.1, 0.15) is 6.07 Å². The van der Waals surface area contributed by atoms with E-state index in [0.29, 0.717) is 11.1 Å². The van der Waals surface area contributed by atoms with Gasteiger partial charge in [0.2, 0.25) is 5.88 Å². The van der Waals surface area contributed by atoms with Gasteiger partial charge in [-0.25, -0.2) is 10.9 Å². The van der Waals surface area contributed by atoms with E-state index in [9.17, 15) is 15.5 Å². The zero-order valence-corrected chi connectivity index (χ0v) is 15.9. The third kappa shape index (κ3) is 2.82. The highest BCUT2D eigenvalue weighted by Gasteiger charge is 2.49. The average molecular weight is 400 g/mol. The minimum absolute atomic E-state index is 0.0600. The molecule has 7 heteroatoms. The van der Waals surface area contributed by atoms with Crippen LogP contribution in [0, 0.1) is 17.2 Å². The van der Waals surface area contributed by atoms with Crippen LogP contribution in [0.25, 0.3) is 10.8 Å². The smallest absolute Gasteiger partial charge is 0.200 e. The van der Waals surface area contributed by atoms with Gasteiger partial charge in [-0.3, -0.25) is 0 Å². The van der Waals surface area contributed by atoms with Crippen LogP contribution < -0.4 is 16.6 Å². The molecule has 4 atom stereocenters. The van der Waals surface area contributed by atoms with Gasteiger partial charge in [-0.05, 0) is 40.1 Å². The molecule has 2 aliphatic rings. The molecule has 0 amide bonds. The molecule has 3 aromatic carbocycles. The van der Waals surface area contributed by atoms with Crippen molar-refractivity contribution in [1.29, 1.82) is 5.26 Å². The summed E-state index contributed by atoms with van der Waals surface area (Å²) in [7, 11) is 0. The number of aromatic hydroxyl groups is 2. The molecule has 3 aromatic rings. The topological polar surface area (TPSA) is 124 Å². The number of fused-ring (bicyclic) bond motifs is 2. The number of benzene rings is 3. The van der Waals surface area contributed by atoms with Crippen molar-refractivity contribution < 1.29 is 14.9 Å². The second kappa shape index (κ2) is 6.95. The maximum absolute atomic E-state index is 10.1. The number of hydrogen-bond donors (Lipinski definition) is 5. The number of phenols is 2. The molecule has 4 unspecified atom stereocenters. The fraction of sp³-hybridized carbons (Fsp3) is 0.174. The summed E-state index contributed by atoms with van der Waals surface area (Å²) < 4.78 is 5.81. The molecule has 6 N–H and O–H groups in total. The van der Waals surface area contributed by atoms with Crippen molar-refractivity contribution in [2.24, 2.45) is 11.7 Å². The molecule has 0 radical (unpaired) electrons. The Hall–Kier alpha value is -3.73. The summed E-state index contributed by atoms with van der Waals surface area (Å²) in [5.74, 6) is -1.04. The highest BCUT2D eigenvalue weighted by atomic mass is 16.5. The second-order valence-corrected chi connectivity index (χ2v) is 7.60. The van der Waals surface area contributed by atoms with Crippen molar-refractivity contribution in [2.45, 2.75) is 18.2 Å². The summed E-state index contributed by atoms with van der Waals surface area (Å²) in [4.78, 5) is 0. The number of nitriles is 1. The average Bonchev–Trinajstić information content (AvgIpc) is 3.17. The first-order valence-corrected chi connectivity index (χ1v) is 9.65. The number of phenolic OH excluding ortho intramolecular Hbond substituents is 2. The van der Waals surface area contributed by atoms with Crippen LogP contribution in [0.4, 0.5) is 0 Å². The normalized spacial score (nSPS) is 25.6. The SMILES string of the molecule is N#CC1=C(N)OC2NNC(c3ccc4ccccc4c3)C2C1c1ccc(O)c(O)c1. The zero-order valence-electron chi connectivity index (χ0n) is 15.9. The van der Waals surface area contributed by atoms with Crippen LogP contribution in [0.5, 0.6) is 11.5 Å². The molecule has 0 spiro atoms. The molecule has 150 valence electrons. The molecule has 0 aliphatic carbocycles. The first-order valence-electron chi connectivity index (χ1n) is 9.65. The van der Waals surface area contributed by atoms with Gasteiger partial charge < -0.3 is 20.7 Å². The number of hydrazine groups is 1. The van der Waals surface area contributed by atoms with Crippen molar-refractivity contribution in [3.05, 3.63) is 83.2 Å². The summed E-state index contributed by atoms with van der Waals surface area (Å²) in [5.41, 5.74) is 14.5. The third-order valence-electron chi connectivity index (χ3n) is 5.94. The van der Waals surface area contributed by atoms with Crippen LogP contribution in [-0.2, 0) is 4.74 Å². The third-order valence-corrected chi connectivity index (χ3v) is 5.94. The molecule has 7 nitrogen and oxygen atoms in total. The van der Waals surface area contributed by atoms with Crippen molar-refractivity contribution >= 4 is 10.8 Å². The van der Waals surface area contributed by atoms with Crippen molar-refractivity contribution in [3.8, 4) is 17.6 Å². The van der Waals surface area contributed by atoms with E-state index >= 15 is 0 Å². The van der Waals surface area contributed by atoms with Crippen molar-refractivity contribution in [3.63, 3.8) is 0 Å². The molecule has 1 fully saturated rings. The molecule has 2 heterocycles. The molecule has 30 heavy (non-hydrogen) atoms. The molecular formula is C23H20N4O3. The monoisotopic (exact) mass is 400 g/mol. The predicted molar refractivity (Wildman–Crippen MR) is 111 cm³/mol. The first-order chi connectivity index (χ1) is 14.6. The number of ether oxygens (including phenoxy) is 1. The van der Waals surface area contributed by atoms with Gasteiger partial charge in [-0.15, -0.1) is 0 Å². The van der Waals surface area contributed by atoms with Gasteiger partial charge in [0, 0.05) is 11.8 Å². The summed E-state index contributed by atoms with van der Waals surface area (Å²) in [6.07, 6.45) is -0.459. The lowest BCUT2D eigenvalue weighted by Crippen LogP contribution is -2.40. The highest BCUT2D eigenvalue weighted by molar-refractivity contribution is 5.83. The Morgan fingerprint density at radius 3 is 2.43 bits per heavy atom. The van der Waals surface area contributed by atoms with Gasteiger partial charge in [0.15, 0.2) is 17.7 Å². The van der Waals surface area contributed by atoms with E-state index in [1.165, 1.54) is 12.1 Å². The van der Waals surface area contributed by atoms with Crippen LogP contribution >= 0.6 is 0 Å². The van der Waals surface area contributed by atoms with Crippen LogP contribution in [0.2, 0.25) is 0 Å². The van der Waals surface area contributed by atoms with Crippen molar-refractivity contribution in [1.82, 2.24) is 10.9 Å². The van der Waals surface area contributed by atoms with Crippen molar-refractivity contribution in [2.75, 3.05) is 0 Å². The quantitative estimate of drug-likeness (QED) is 0.419. The van der Waals surface area contributed by atoms with Crippen LogP contribution in [0.1, 0.15) is 23.1 Å². The molecule has 2 aliphatic heterocycles. The maximum Gasteiger partial charge on any atom is 0.200 e. The van der Waals surface area contributed by atoms with E-state index in [-0.39, 0.29) is 29.3 Å². The summed E-state index contributed by atoms with van der Waals surface area (Å²) in [5, 5.41) is 31.9. The Bertz CT molecular complexity index is 1220. The lowest BCUT2D eigenvalue weighted by atomic mass is 9.74. The minimum atomic E-state index is -0.459. The predicted octanol–water partition coefficient (Wildman–Crippen LogP) is 2.85. The Labute approximate surface area is 173 Å². The Balaban J connectivity index is 1.63. The Kier molecular flexibility index (Phi) is 4.24. The van der Waals surface area contributed by atoms with Crippen LogP contribution in [0.15, 0.2) is 72.1 Å². The van der Waals surface area contributed by atoms with E-state index in [2.05, 4.69) is 47.3 Å². The van der Waals surface area contributed by atoms with Gasteiger partial charge in [0.25, 0.3) is 0 Å². The number of nitrogens with two attached hydrogens (primary N) is 1. The maximum atomic E-state index is 10.1. The number of allylic oxidation sites excluding steroid dienone is 1. The first kappa shape index (κ1) is 18.3. The number of nitrogens with one attached hydrogen (secondary N) is 2. The van der Waals surface area contributed by atoms with E-state index in [1.54, 1.807) is 6.07 Å². The van der Waals surface area contributed by atoms with Crippen LogP contribution in [-0.4, -0.2) is 16.4 Å². The van der Waals surface area contributed by atoms with E-state index in [4.69, 9.17) is 10.5 Å². The standard InChI is InChI=1S/C23H20N4O3/c24-11-16-19(14-7-8-17(28)18(29)10-14)20-21(26-27-23(20)30-22(16)25)15-6-5-12-3-1-2-4-13(12)9-15/h1-10,19-21,23,26-29H,25H2. The molecule has 1 saturated heterocycles. The largest absolute Gasteiger partial charge is 0.504 e. The fourth-order valence-corrected chi connectivity index (χ4v) is 4.51. The van der Waals surface area contributed by atoms with E-state index in [1.807, 2.05) is 12.1 Å². The lowest BCUT2D eigenvalue weighted by Gasteiger charge is -2.36. The highest BCUT2D eigenvalue weighted by Crippen LogP contribution is 2.48. The molecule has 5 rings (SSSR count). The molecule has 0 aromatic heterocycles. The van der Waals surface area contributed by atoms with Gasteiger partial charge >= 0.3 is 0 Å². The molecular weight excluding hydrogens is 380 g/mol. The van der Waals surface area contributed by atoms with Gasteiger partial charge in [-0.1, -0.05) is 42.5 Å². The number of hydrogen-bond acceptors (Lipinski definition) is 7. The Morgan fingerprint density at radius 2 is 1.67 bits per heavy atom. The summed E-state index contributed by atoms with van der Waals surface area (Å²) in [6.45, 7) is 0. The summed E-state index contributed by atoms with van der Waals surface area (Å²) >= 11 is 0. The minimum Gasteiger partial charge on any atom is -0.504 e. The summed E-state index contributed by atoms with van der Waals surface area (Å²) in [6, 6.07) is 21.0. The van der Waals surface area contributed by atoms with Gasteiger partial charge in [-0.2, -0.15) is 5.26 Å². The van der Waals surface area contributed by atoms with E-state index < -0.39 is 12.1 Å². The molecule has 0 bridgehead atoms. The number of rotatable bonds is 2. The number of nitrogens with zero attached hydrogens (tertiary/aromatic N) is 1. The van der Waals surface area contributed by atoms with Crippen LogP contribution in [0.3, 0.4) is 0 Å².